The van der Waals surface area contributed by atoms with E-state index in [1.54, 1.807) is 30.5 Å². The number of nitrogens with zero attached hydrogens (tertiary/aromatic N) is 5. The quantitative estimate of drug-likeness (QED) is 0.104. The Morgan fingerprint density at radius 2 is 1.91 bits per heavy atom. The molecule has 3 aromatic carbocycles. The van der Waals surface area contributed by atoms with Crippen LogP contribution in [0.25, 0.3) is 10.8 Å². The molecule has 1 aromatic heterocycles. The number of fused-ring (bicyclic) bond motifs is 1. The van der Waals surface area contributed by atoms with Crippen LogP contribution in [0.1, 0.15) is 5.56 Å². The first kappa shape index (κ1) is 29.1. The molecule has 1 aliphatic heterocycles. The van der Waals surface area contributed by atoms with E-state index in [-0.39, 0.29) is 30.9 Å². The van der Waals surface area contributed by atoms with Crippen molar-refractivity contribution in [3.8, 4) is 5.88 Å². The normalized spacial score (nSPS) is 13.9. The van der Waals surface area contributed by atoms with E-state index in [9.17, 15) is 14.4 Å². The molecule has 1 unspecified atom stereocenters. The zero-order chi connectivity index (χ0) is 30.5. The van der Waals surface area contributed by atoms with Crippen molar-refractivity contribution in [2.24, 2.45) is 5.22 Å². The van der Waals surface area contributed by atoms with Crippen LogP contribution in [0.5, 0.6) is 5.88 Å². The molecular weight excluding hydrogens is 572 g/mol. The average molecular weight is 599 g/mol. The lowest BCUT2D eigenvalue weighted by atomic mass is 10.0. The lowest BCUT2D eigenvalue weighted by molar-refractivity contribution is -0.143. The van der Waals surface area contributed by atoms with E-state index in [1.807, 2.05) is 30.3 Å². The molecule has 2 heterocycles. The monoisotopic (exact) mass is 598 g/mol. The Balaban J connectivity index is 1.44. The van der Waals surface area contributed by atoms with Gasteiger partial charge in [-0.2, -0.15) is 5.53 Å². The highest BCUT2D eigenvalue weighted by molar-refractivity contribution is 6.31. The van der Waals surface area contributed by atoms with Gasteiger partial charge in [-0.15, -0.1) is 0 Å². The predicted molar refractivity (Wildman–Crippen MR) is 163 cm³/mol. The third-order valence-electron chi connectivity index (χ3n) is 7.06. The lowest BCUT2D eigenvalue weighted by Gasteiger charge is -2.38. The number of hydrogen-bond donors (Lipinski definition) is 3. The smallest absolute Gasteiger partial charge is 0.247 e. The van der Waals surface area contributed by atoms with Gasteiger partial charge in [0, 0.05) is 28.7 Å². The molecule has 43 heavy (non-hydrogen) atoms. The molecule has 5 rings (SSSR count). The molecule has 218 valence electrons. The molecule has 0 aliphatic carbocycles. The summed E-state index contributed by atoms with van der Waals surface area (Å²) < 4.78 is 5.32. The fourth-order valence-corrected chi connectivity index (χ4v) is 5.16. The van der Waals surface area contributed by atoms with E-state index >= 15 is 0 Å². The molecule has 1 fully saturated rings. The second-order valence-electron chi connectivity index (χ2n) is 9.66. The average Bonchev–Trinajstić information content (AvgIpc) is 3.02. The number of halogens is 1. The first-order valence-electron chi connectivity index (χ1n) is 13.2. The van der Waals surface area contributed by atoms with E-state index < -0.39 is 23.8 Å². The zero-order valence-corrected chi connectivity index (χ0v) is 23.8. The van der Waals surface area contributed by atoms with E-state index in [0.717, 1.165) is 27.7 Å². The summed E-state index contributed by atoms with van der Waals surface area (Å²) in [5.74, 6) is -0.915. The Labute approximate surface area is 251 Å². The number of hydrogen-bond acceptors (Lipinski definition) is 8. The maximum Gasteiger partial charge on any atom is 0.247 e. The van der Waals surface area contributed by atoms with Gasteiger partial charge in [0.1, 0.15) is 25.5 Å². The first-order chi connectivity index (χ1) is 20.8. The molecule has 0 bridgehead atoms. The van der Waals surface area contributed by atoms with Crippen molar-refractivity contribution >= 4 is 63.5 Å². The van der Waals surface area contributed by atoms with Crippen molar-refractivity contribution in [1.82, 2.24) is 9.88 Å². The summed E-state index contributed by atoms with van der Waals surface area (Å²) >= 11 is 6.20. The SMILES string of the molecule is COc1nccc2cc(NC(=O)C(Cc3ccccc3)N3CC(=O)N(c4cc(Cl)ccc4N(C=N)N=N)CC3=O)ccc12. The maximum absolute atomic E-state index is 13.8. The Morgan fingerprint density at radius 3 is 2.63 bits per heavy atom. The number of rotatable bonds is 10. The molecular formula is C30H27ClN8O4. The van der Waals surface area contributed by atoms with Gasteiger partial charge in [-0.3, -0.25) is 24.7 Å². The molecule has 3 N–H and O–H groups in total. The number of amides is 3. The summed E-state index contributed by atoms with van der Waals surface area (Å²) in [4.78, 5) is 47.7. The summed E-state index contributed by atoms with van der Waals surface area (Å²) in [5.41, 5.74) is 9.16. The van der Waals surface area contributed by atoms with Gasteiger partial charge in [-0.1, -0.05) is 47.2 Å². The first-order valence-corrected chi connectivity index (χ1v) is 13.5. The summed E-state index contributed by atoms with van der Waals surface area (Å²) in [6, 6.07) is 19.9. The Bertz CT molecular complexity index is 1710. The van der Waals surface area contributed by atoms with Crippen molar-refractivity contribution < 1.29 is 19.1 Å². The third kappa shape index (κ3) is 6.14. The van der Waals surface area contributed by atoms with Gasteiger partial charge in [-0.05, 0) is 53.4 Å². The second kappa shape index (κ2) is 12.7. The fraction of sp³-hybridized carbons (Fsp3) is 0.167. The van der Waals surface area contributed by atoms with Crippen molar-refractivity contribution in [1.29, 1.82) is 10.9 Å². The molecule has 13 heteroatoms. The van der Waals surface area contributed by atoms with Crippen LogP contribution in [-0.4, -0.2) is 60.2 Å². The number of piperazine rings is 1. The second-order valence-corrected chi connectivity index (χ2v) is 10.1. The van der Waals surface area contributed by atoms with Crippen LogP contribution in [0.3, 0.4) is 0 Å². The highest BCUT2D eigenvalue weighted by Gasteiger charge is 2.39. The van der Waals surface area contributed by atoms with Gasteiger partial charge in [0.2, 0.25) is 23.6 Å². The molecule has 1 aliphatic rings. The zero-order valence-electron chi connectivity index (χ0n) is 23.0. The lowest BCUT2D eigenvalue weighted by Crippen LogP contribution is -2.60. The highest BCUT2D eigenvalue weighted by Crippen LogP contribution is 2.34. The topological polar surface area (TPSA) is 155 Å². The third-order valence-corrected chi connectivity index (χ3v) is 7.30. The van der Waals surface area contributed by atoms with Gasteiger partial charge in [0.05, 0.1) is 18.5 Å². The number of aromatic nitrogens is 1. The van der Waals surface area contributed by atoms with E-state index in [0.29, 0.717) is 16.6 Å². The van der Waals surface area contributed by atoms with Crippen LogP contribution in [0, 0.1) is 10.9 Å². The van der Waals surface area contributed by atoms with Crippen LogP contribution in [0.4, 0.5) is 17.1 Å². The van der Waals surface area contributed by atoms with Crippen molar-refractivity contribution in [3.05, 3.63) is 89.6 Å². The van der Waals surface area contributed by atoms with Gasteiger partial charge < -0.3 is 15.0 Å². The van der Waals surface area contributed by atoms with Gasteiger partial charge in [0.25, 0.3) is 0 Å². The number of benzene rings is 3. The van der Waals surface area contributed by atoms with Crippen LogP contribution in [0.15, 0.2) is 84.2 Å². The number of ether oxygens (including phenoxy) is 1. The minimum atomic E-state index is -0.996. The largest absolute Gasteiger partial charge is 0.481 e. The maximum atomic E-state index is 13.8. The summed E-state index contributed by atoms with van der Waals surface area (Å²) in [6.07, 6.45) is 2.60. The van der Waals surface area contributed by atoms with Gasteiger partial charge in [-0.25, -0.2) is 9.99 Å². The highest BCUT2D eigenvalue weighted by atomic mass is 35.5. The molecule has 1 atom stereocenters. The Hall–Kier alpha value is -5.36. The summed E-state index contributed by atoms with van der Waals surface area (Å²) in [7, 11) is 1.53. The van der Waals surface area contributed by atoms with Crippen molar-refractivity contribution in [2.75, 3.05) is 35.4 Å². The number of carbonyl (C=O) groups is 3. The number of methoxy groups -OCH3 is 1. The standard InChI is InChI=1S/C30H27ClN8O4/c1-43-30-23-9-8-22(14-20(23)11-12-34-30)35-29(42)26(13-19-5-3-2-4-6-19)38-17-27(40)37(16-28(38)41)25-15-21(31)7-10-24(25)39(18-32)36-33/h2-12,14-15,18,26,32-33H,13,16-17H2,1H3,(H,35,42). The van der Waals surface area contributed by atoms with Gasteiger partial charge in [0.15, 0.2) is 0 Å². The minimum Gasteiger partial charge on any atom is -0.481 e. The minimum absolute atomic E-state index is 0.179. The van der Waals surface area contributed by atoms with E-state index in [1.165, 1.54) is 35.1 Å². The number of carbonyl (C=O) groups excluding carboxylic acids is 3. The summed E-state index contributed by atoms with van der Waals surface area (Å²) in [6.45, 7) is -0.754. The molecule has 0 spiro atoms. The molecule has 4 aromatic rings. The summed E-state index contributed by atoms with van der Waals surface area (Å²) in [5, 5.41) is 16.6. The number of nitrogens with one attached hydrogen (secondary N) is 3. The van der Waals surface area contributed by atoms with Crippen LogP contribution in [0.2, 0.25) is 5.02 Å². The number of pyridine rings is 1. The molecule has 3 amide bonds. The molecule has 0 radical (unpaired) electrons. The van der Waals surface area contributed by atoms with Crippen molar-refractivity contribution in [3.63, 3.8) is 0 Å². The Kier molecular flexibility index (Phi) is 8.58. The Morgan fingerprint density at radius 1 is 1.12 bits per heavy atom. The van der Waals surface area contributed by atoms with Gasteiger partial charge >= 0.3 is 0 Å². The predicted octanol–water partition coefficient (Wildman–Crippen LogP) is 4.68. The molecule has 0 saturated carbocycles. The van der Waals surface area contributed by atoms with Crippen LogP contribution < -0.4 is 20.0 Å². The number of anilines is 3. The van der Waals surface area contributed by atoms with E-state index in [2.05, 4.69) is 15.5 Å². The fourth-order valence-electron chi connectivity index (χ4n) is 4.99. The van der Waals surface area contributed by atoms with Crippen LogP contribution >= 0.6 is 11.6 Å². The van der Waals surface area contributed by atoms with Crippen molar-refractivity contribution in [2.45, 2.75) is 12.5 Å². The molecule has 1 saturated heterocycles. The van der Waals surface area contributed by atoms with Crippen LogP contribution in [-0.2, 0) is 20.8 Å². The van der Waals surface area contributed by atoms with E-state index in [4.69, 9.17) is 27.3 Å². The molecule has 12 nitrogen and oxygen atoms in total.